The first kappa shape index (κ1) is 21.2. The van der Waals surface area contributed by atoms with Crippen molar-refractivity contribution in [2.75, 3.05) is 4.90 Å². The Bertz CT molecular complexity index is 1320. The zero-order valence-electron chi connectivity index (χ0n) is 17.4. The molecule has 4 rings (SSSR count). The number of nitrogens with zero attached hydrogens (tertiary/aromatic N) is 2. The molecule has 0 radical (unpaired) electrons. The fraction of sp³-hybridized carbons (Fsp3) is 0.167. The van der Waals surface area contributed by atoms with Crippen LogP contribution in [-0.2, 0) is 9.84 Å². The summed E-state index contributed by atoms with van der Waals surface area (Å²) in [6.07, 6.45) is 0. The maximum Gasteiger partial charge on any atom is 0.264 e. The van der Waals surface area contributed by atoms with E-state index in [0.717, 1.165) is 21.5 Å². The lowest BCUT2D eigenvalue weighted by Gasteiger charge is -2.22. The second kappa shape index (κ2) is 8.24. The third-order valence-corrected chi connectivity index (χ3v) is 8.28. The highest BCUT2D eigenvalue weighted by Gasteiger charge is 2.25. The van der Waals surface area contributed by atoms with Crippen molar-refractivity contribution >= 4 is 48.1 Å². The largest absolute Gasteiger partial charge is 0.268 e. The van der Waals surface area contributed by atoms with Crippen LogP contribution in [0.15, 0.2) is 77.7 Å². The molecule has 5 nitrogen and oxygen atoms in total. The lowest BCUT2D eigenvalue weighted by Crippen LogP contribution is -2.26. The highest BCUT2D eigenvalue weighted by Crippen LogP contribution is 2.36. The van der Waals surface area contributed by atoms with Crippen LogP contribution >= 0.6 is 11.3 Å². The Morgan fingerprint density at radius 2 is 1.58 bits per heavy atom. The van der Waals surface area contributed by atoms with E-state index in [2.05, 4.69) is 4.98 Å². The van der Waals surface area contributed by atoms with Crippen molar-refractivity contribution in [3.8, 4) is 0 Å². The molecule has 0 aliphatic carbocycles. The Hall–Kier alpha value is -3.03. The van der Waals surface area contributed by atoms with Crippen molar-refractivity contribution in [3.05, 3.63) is 83.9 Å². The molecular weight excluding hydrogens is 428 g/mol. The van der Waals surface area contributed by atoms with Crippen LogP contribution in [0.3, 0.4) is 0 Å². The van der Waals surface area contributed by atoms with Crippen LogP contribution in [0.2, 0.25) is 0 Å². The summed E-state index contributed by atoms with van der Waals surface area (Å²) in [4.78, 5) is 20.1. The Morgan fingerprint density at radius 1 is 0.935 bits per heavy atom. The standard InChI is InChI=1S/C24H22N2O3S2/c1-16(2)31(28,29)19-14-12-18(13-15-19)23(27)26(21-10-6-4-8-17(21)3)24-25-20-9-5-7-11-22(20)30-24/h4-16H,1-3H3. The molecule has 1 amide bonds. The molecule has 0 bridgehead atoms. The molecule has 31 heavy (non-hydrogen) atoms. The minimum absolute atomic E-state index is 0.210. The summed E-state index contributed by atoms with van der Waals surface area (Å²) in [5.74, 6) is -0.262. The number of rotatable bonds is 5. The molecular formula is C24H22N2O3S2. The zero-order valence-corrected chi connectivity index (χ0v) is 19.1. The number of hydrogen-bond donors (Lipinski definition) is 0. The van der Waals surface area contributed by atoms with Crippen molar-refractivity contribution in [2.24, 2.45) is 0 Å². The van der Waals surface area contributed by atoms with Crippen LogP contribution in [0.4, 0.5) is 10.8 Å². The molecule has 4 aromatic rings. The van der Waals surface area contributed by atoms with E-state index < -0.39 is 15.1 Å². The van der Waals surface area contributed by atoms with Crippen LogP contribution in [0.25, 0.3) is 10.2 Å². The van der Waals surface area contributed by atoms with Gasteiger partial charge in [0.25, 0.3) is 5.91 Å². The number of amides is 1. The summed E-state index contributed by atoms with van der Waals surface area (Å²) < 4.78 is 25.8. The molecule has 7 heteroatoms. The van der Waals surface area contributed by atoms with E-state index in [-0.39, 0.29) is 10.8 Å². The number of para-hydroxylation sites is 2. The predicted molar refractivity (Wildman–Crippen MR) is 126 cm³/mol. The van der Waals surface area contributed by atoms with Crippen molar-refractivity contribution in [3.63, 3.8) is 0 Å². The van der Waals surface area contributed by atoms with Gasteiger partial charge in [0, 0.05) is 5.56 Å². The Morgan fingerprint density at radius 3 is 2.23 bits per heavy atom. The summed E-state index contributed by atoms with van der Waals surface area (Å²) >= 11 is 1.44. The molecule has 0 atom stereocenters. The minimum atomic E-state index is -3.40. The molecule has 158 valence electrons. The topological polar surface area (TPSA) is 67.3 Å². The van der Waals surface area contributed by atoms with Crippen LogP contribution in [0, 0.1) is 6.92 Å². The van der Waals surface area contributed by atoms with Crippen molar-refractivity contribution in [1.29, 1.82) is 0 Å². The molecule has 0 saturated carbocycles. The van der Waals surface area contributed by atoms with Gasteiger partial charge in [-0.2, -0.15) is 0 Å². The third kappa shape index (κ3) is 3.98. The van der Waals surface area contributed by atoms with Gasteiger partial charge < -0.3 is 0 Å². The Balaban J connectivity index is 1.80. The summed E-state index contributed by atoms with van der Waals surface area (Å²) in [5, 5.41) is 0.0413. The normalized spacial score (nSPS) is 11.7. The molecule has 0 unspecified atom stereocenters. The number of carbonyl (C=O) groups is 1. The average molecular weight is 451 g/mol. The Labute approximate surface area is 185 Å². The maximum atomic E-state index is 13.6. The van der Waals surface area contributed by atoms with Crippen LogP contribution < -0.4 is 4.90 Å². The van der Waals surface area contributed by atoms with Gasteiger partial charge in [-0.05, 0) is 68.8 Å². The van der Waals surface area contributed by atoms with E-state index in [4.69, 9.17) is 0 Å². The van der Waals surface area contributed by atoms with E-state index in [1.807, 2.05) is 55.5 Å². The van der Waals surface area contributed by atoms with Gasteiger partial charge in [-0.25, -0.2) is 13.4 Å². The molecule has 0 fully saturated rings. The van der Waals surface area contributed by atoms with Crippen molar-refractivity contribution < 1.29 is 13.2 Å². The number of sulfone groups is 1. The summed E-state index contributed by atoms with van der Waals surface area (Å²) in [6, 6.07) is 21.5. The van der Waals surface area contributed by atoms with Crippen molar-refractivity contribution in [2.45, 2.75) is 30.9 Å². The average Bonchev–Trinajstić information content (AvgIpc) is 3.19. The smallest absolute Gasteiger partial charge is 0.264 e. The third-order valence-electron chi connectivity index (χ3n) is 5.08. The van der Waals surface area contributed by atoms with E-state index in [0.29, 0.717) is 10.7 Å². The first-order chi connectivity index (χ1) is 14.8. The number of thiazole rings is 1. The highest BCUT2D eigenvalue weighted by atomic mass is 32.2. The van der Waals surface area contributed by atoms with Crippen LogP contribution in [0.1, 0.15) is 29.8 Å². The van der Waals surface area contributed by atoms with E-state index >= 15 is 0 Å². The van der Waals surface area contributed by atoms with Gasteiger partial charge in [0.15, 0.2) is 15.0 Å². The first-order valence-corrected chi connectivity index (χ1v) is 12.2. The highest BCUT2D eigenvalue weighted by molar-refractivity contribution is 7.92. The molecule has 1 heterocycles. The monoisotopic (exact) mass is 450 g/mol. The zero-order chi connectivity index (χ0) is 22.2. The van der Waals surface area contributed by atoms with Gasteiger partial charge in [-0.3, -0.25) is 9.69 Å². The van der Waals surface area contributed by atoms with Gasteiger partial charge in [-0.15, -0.1) is 0 Å². The lowest BCUT2D eigenvalue weighted by molar-refractivity contribution is 0.0999. The van der Waals surface area contributed by atoms with E-state index in [1.165, 1.54) is 23.5 Å². The van der Waals surface area contributed by atoms with Gasteiger partial charge in [0.2, 0.25) is 0 Å². The molecule has 0 aliphatic heterocycles. The predicted octanol–water partition coefficient (Wildman–Crippen LogP) is 5.77. The van der Waals surface area contributed by atoms with Gasteiger partial charge in [0.1, 0.15) is 0 Å². The number of hydrogen-bond acceptors (Lipinski definition) is 5. The molecule has 0 aliphatic rings. The molecule has 1 aromatic heterocycles. The summed E-state index contributed by atoms with van der Waals surface area (Å²) in [7, 11) is -3.40. The van der Waals surface area contributed by atoms with Crippen LogP contribution in [0.5, 0.6) is 0 Å². The fourth-order valence-electron chi connectivity index (χ4n) is 3.26. The number of carbonyl (C=O) groups excluding carboxylic acids is 1. The second-order valence-corrected chi connectivity index (χ2v) is 11.0. The Kier molecular flexibility index (Phi) is 5.64. The number of aromatic nitrogens is 1. The molecule has 0 N–H and O–H groups in total. The van der Waals surface area contributed by atoms with Gasteiger partial charge >= 0.3 is 0 Å². The summed E-state index contributed by atoms with van der Waals surface area (Å²) in [5.41, 5.74) is 2.90. The minimum Gasteiger partial charge on any atom is -0.268 e. The number of benzene rings is 3. The number of fused-ring (bicyclic) bond motifs is 1. The second-order valence-electron chi connectivity index (χ2n) is 7.51. The number of aryl methyl sites for hydroxylation is 1. The molecule has 0 saturated heterocycles. The molecule has 0 spiro atoms. The van der Waals surface area contributed by atoms with Gasteiger partial charge in [-0.1, -0.05) is 41.7 Å². The lowest BCUT2D eigenvalue weighted by atomic mass is 10.1. The van der Waals surface area contributed by atoms with E-state index in [9.17, 15) is 13.2 Å². The van der Waals surface area contributed by atoms with Gasteiger partial charge in [0.05, 0.1) is 26.0 Å². The number of anilines is 2. The maximum absolute atomic E-state index is 13.6. The van der Waals surface area contributed by atoms with Crippen molar-refractivity contribution in [1.82, 2.24) is 4.98 Å². The fourth-order valence-corrected chi connectivity index (χ4v) is 5.30. The quantitative estimate of drug-likeness (QED) is 0.387. The van der Waals surface area contributed by atoms with Crippen LogP contribution in [-0.4, -0.2) is 24.6 Å². The molecule has 3 aromatic carbocycles. The first-order valence-electron chi connectivity index (χ1n) is 9.88. The summed E-state index contributed by atoms with van der Waals surface area (Å²) in [6.45, 7) is 5.23. The van der Waals surface area contributed by atoms with E-state index in [1.54, 1.807) is 30.9 Å². The SMILES string of the molecule is Cc1ccccc1N(C(=O)c1ccc(S(=O)(=O)C(C)C)cc1)c1nc2ccccc2s1.